The molecule has 5 heteroatoms. The van der Waals surface area contributed by atoms with Gasteiger partial charge in [-0.15, -0.1) is 0 Å². The zero-order chi connectivity index (χ0) is 13.4. The van der Waals surface area contributed by atoms with Gasteiger partial charge in [0, 0.05) is 19.7 Å². The quantitative estimate of drug-likeness (QED) is 0.846. The summed E-state index contributed by atoms with van der Waals surface area (Å²) in [6.45, 7) is 6.59. The lowest BCUT2D eigenvalue weighted by Crippen LogP contribution is -2.13. The molecule has 0 aliphatic carbocycles. The number of H-pyrrole nitrogens is 1. The van der Waals surface area contributed by atoms with E-state index in [-0.39, 0.29) is 5.56 Å². The van der Waals surface area contributed by atoms with Gasteiger partial charge in [0.2, 0.25) is 0 Å². The number of pyridine rings is 1. The predicted molar refractivity (Wildman–Crippen MR) is 75.4 cm³/mol. The van der Waals surface area contributed by atoms with E-state index in [9.17, 15) is 4.79 Å². The maximum Gasteiger partial charge on any atom is 0.267 e. The summed E-state index contributed by atoms with van der Waals surface area (Å²) in [4.78, 5) is 11.7. The van der Waals surface area contributed by atoms with Crippen LogP contribution in [0.1, 0.15) is 18.1 Å². The monoisotopic (exact) mass is 263 g/mol. The van der Waals surface area contributed by atoms with Crippen LogP contribution in [0.2, 0.25) is 0 Å². The highest BCUT2D eigenvalue weighted by atomic mass is 32.1. The first-order valence-corrected chi connectivity index (χ1v) is 6.34. The van der Waals surface area contributed by atoms with Crippen molar-refractivity contribution in [1.29, 1.82) is 0 Å². The highest BCUT2D eigenvalue weighted by Crippen LogP contribution is 2.22. The third kappa shape index (κ3) is 1.95. The van der Waals surface area contributed by atoms with Gasteiger partial charge in [-0.1, -0.05) is 18.3 Å². The van der Waals surface area contributed by atoms with Crippen LogP contribution < -0.4 is 5.56 Å². The fourth-order valence-corrected chi connectivity index (χ4v) is 2.42. The van der Waals surface area contributed by atoms with Crippen molar-refractivity contribution in [2.75, 3.05) is 0 Å². The van der Waals surface area contributed by atoms with E-state index in [1.165, 1.54) is 0 Å². The van der Waals surface area contributed by atoms with Crippen molar-refractivity contribution < 1.29 is 0 Å². The highest BCUT2D eigenvalue weighted by Gasteiger charge is 2.11. The molecule has 18 heavy (non-hydrogen) atoms. The fourth-order valence-electron chi connectivity index (χ4n) is 2.27. The molecule has 0 saturated heterocycles. The van der Waals surface area contributed by atoms with E-state index in [4.69, 9.17) is 12.2 Å². The molecule has 0 amide bonds. The SMILES string of the molecule is CCn1[nH]c(-c2c(C)cc(C)c(=S)n2C)cc1=O. The number of aromatic amines is 1. The van der Waals surface area contributed by atoms with Crippen LogP contribution in [0.5, 0.6) is 0 Å². The molecule has 4 nitrogen and oxygen atoms in total. The van der Waals surface area contributed by atoms with Crippen LogP contribution in [-0.2, 0) is 13.6 Å². The van der Waals surface area contributed by atoms with E-state index >= 15 is 0 Å². The Labute approximate surface area is 111 Å². The second-order valence-electron chi connectivity index (χ2n) is 4.48. The zero-order valence-corrected chi connectivity index (χ0v) is 11.9. The molecule has 2 heterocycles. The molecule has 2 aromatic heterocycles. The molecule has 2 aromatic rings. The molecule has 0 saturated carbocycles. The Balaban J connectivity index is 2.75. The normalized spacial score (nSPS) is 10.9. The van der Waals surface area contributed by atoms with Gasteiger partial charge in [0.05, 0.1) is 11.4 Å². The summed E-state index contributed by atoms with van der Waals surface area (Å²) < 4.78 is 4.32. The summed E-state index contributed by atoms with van der Waals surface area (Å²) in [5.41, 5.74) is 3.94. The van der Waals surface area contributed by atoms with Gasteiger partial charge >= 0.3 is 0 Å². The number of aromatic nitrogens is 3. The lowest BCUT2D eigenvalue weighted by molar-refractivity contribution is 0.638. The molecular formula is C13H17N3OS. The largest absolute Gasteiger partial charge is 0.334 e. The molecule has 0 fully saturated rings. The molecule has 2 rings (SSSR count). The number of aryl methyl sites for hydroxylation is 3. The van der Waals surface area contributed by atoms with Crippen molar-refractivity contribution in [3.05, 3.63) is 38.3 Å². The lowest BCUT2D eigenvalue weighted by Gasteiger charge is -2.12. The van der Waals surface area contributed by atoms with Crippen LogP contribution in [0.15, 0.2) is 16.9 Å². The van der Waals surface area contributed by atoms with Gasteiger partial charge in [-0.25, -0.2) is 0 Å². The first kappa shape index (κ1) is 12.8. The van der Waals surface area contributed by atoms with Gasteiger partial charge in [-0.3, -0.25) is 14.6 Å². The summed E-state index contributed by atoms with van der Waals surface area (Å²) in [5.74, 6) is 0. The van der Waals surface area contributed by atoms with Crippen LogP contribution >= 0.6 is 12.2 Å². The molecule has 96 valence electrons. The Kier molecular flexibility index (Phi) is 3.26. The first-order chi connectivity index (χ1) is 8.45. The van der Waals surface area contributed by atoms with Gasteiger partial charge in [0.1, 0.15) is 4.64 Å². The van der Waals surface area contributed by atoms with Gasteiger partial charge < -0.3 is 4.57 Å². The van der Waals surface area contributed by atoms with Crippen LogP contribution in [0.4, 0.5) is 0 Å². The predicted octanol–water partition coefficient (Wildman–Crippen LogP) is 2.55. The minimum absolute atomic E-state index is 0.0154. The van der Waals surface area contributed by atoms with Crippen LogP contribution in [0.25, 0.3) is 11.4 Å². The maximum atomic E-state index is 11.7. The molecule has 0 aliphatic heterocycles. The lowest BCUT2D eigenvalue weighted by atomic mass is 10.1. The van der Waals surface area contributed by atoms with Crippen molar-refractivity contribution in [3.63, 3.8) is 0 Å². The Morgan fingerprint density at radius 2 is 1.94 bits per heavy atom. The van der Waals surface area contributed by atoms with Gasteiger partial charge in [-0.2, -0.15) is 0 Å². The number of hydrogen-bond donors (Lipinski definition) is 1. The van der Waals surface area contributed by atoms with Crippen molar-refractivity contribution in [1.82, 2.24) is 14.3 Å². The van der Waals surface area contributed by atoms with E-state index in [0.29, 0.717) is 6.54 Å². The Morgan fingerprint density at radius 1 is 1.28 bits per heavy atom. The molecular weight excluding hydrogens is 246 g/mol. The molecule has 0 unspecified atom stereocenters. The van der Waals surface area contributed by atoms with Gasteiger partial charge in [0.25, 0.3) is 5.56 Å². The van der Waals surface area contributed by atoms with E-state index in [1.54, 1.807) is 10.7 Å². The van der Waals surface area contributed by atoms with Crippen LogP contribution in [-0.4, -0.2) is 14.3 Å². The summed E-state index contributed by atoms with van der Waals surface area (Å²) in [7, 11) is 1.93. The van der Waals surface area contributed by atoms with E-state index in [0.717, 1.165) is 27.2 Å². The highest BCUT2D eigenvalue weighted by molar-refractivity contribution is 7.71. The van der Waals surface area contributed by atoms with Crippen molar-refractivity contribution in [2.45, 2.75) is 27.3 Å². The van der Waals surface area contributed by atoms with Crippen LogP contribution in [0, 0.1) is 18.5 Å². The Morgan fingerprint density at radius 3 is 2.50 bits per heavy atom. The smallest absolute Gasteiger partial charge is 0.267 e. The third-order valence-corrected chi connectivity index (χ3v) is 3.74. The molecule has 0 bridgehead atoms. The zero-order valence-electron chi connectivity index (χ0n) is 11.1. The Bertz CT molecular complexity index is 706. The summed E-state index contributed by atoms with van der Waals surface area (Å²) >= 11 is 5.37. The average Bonchev–Trinajstić information content (AvgIpc) is 2.67. The number of rotatable bonds is 2. The van der Waals surface area contributed by atoms with E-state index in [1.807, 2.05) is 32.4 Å². The standard InChI is InChI=1S/C13H17N3OS/c1-5-16-11(17)7-10(14-16)12-8(2)6-9(3)13(18)15(12)4/h6-7,14H,5H2,1-4H3. The van der Waals surface area contributed by atoms with Gasteiger partial charge in [-0.05, 0) is 31.9 Å². The third-order valence-electron chi connectivity index (χ3n) is 3.14. The number of nitrogens with zero attached hydrogens (tertiary/aromatic N) is 2. The summed E-state index contributed by atoms with van der Waals surface area (Å²) in [6.07, 6.45) is 0. The molecule has 0 aliphatic rings. The van der Waals surface area contributed by atoms with Crippen molar-refractivity contribution in [2.24, 2.45) is 7.05 Å². The summed E-state index contributed by atoms with van der Waals surface area (Å²) in [5, 5.41) is 3.11. The molecule has 0 radical (unpaired) electrons. The maximum absolute atomic E-state index is 11.7. The molecule has 1 N–H and O–H groups in total. The minimum Gasteiger partial charge on any atom is -0.334 e. The second-order valence-corrected chi connectivity index (χ2v) is 4.86. The van der Waals surface area contributed by atoms with Crippen molar-refractivity contribution in [3.8, 4) is 11.4 Å². The number of hydrogen-bond acceptors (Lipinski definition) is 2. The van der Waals surface area contributed by atoms with E-state index in [2.05, 4.69) is 11.2 Å². The summed E-state index contributed by atoms with van der Waals surface area (Å²) in [6, 6.07) is 3.68. The van der Waals surface area contributed by atoms with Gasteiger partial charge in [0.15, 0.2) is 0 Å². The van der Waals surface area contributed by atoms with E-state index < -0.39 is 0 Å². The first-order valence-electron chi connectivity index (χ1n) is 5.93. The molecule has 0 atom stereocenters. The average molecular weight is 263 g/mol. The second kappa shape index (κ2) is 4.57. The van der Waals surface area contributed by atoms with Crippen molar-refractivity contribution >= 4 is 12.2 Å². The Hall–Kier alpha value is -1.62. The number of nitrogens with one attached hydrogen (secondary N) is 1. The molecule has 0 spiro atoms. The minimum atomic E-state index is -0.0154. The molecule has 0 aromatic carbocycles. The van der Waals surface area contributed by atoms with Crippen LogP contribution in [0.3, 0.4) is 0 Å². The fraction of sp³-hybridized carbons (Fsp3) is 0.385. The topological polar surface area (TPSA) is 42.7 Å².